The van der Waals surface area contributed by atoms with Crippen molar-refractivity contribution in [3.63, 3.8) is 0 Å². The first-order valence-corrected chi connectivity index (χ1v) is 7.78. The van der Waals surface area contributed by atoms with Crippen LogP contribution in [0.1, 0.15) is 18.6 Å². The van der Waals surface area contributed by atoms with Crippen LogP contribution in [0.4, 0.5) is 0 Å². The SMILES string of the molecule is CC(O)c1ccc(-n2cc(S(C)(=O)=O)cn2)cc1Cl. The summed E-state index contributed by atoms with van der Waals surface area (Å²) in [6.45, 7) is 1.62. The number of halogens is 1. The summed E-state index contributed by atoms with van der Waals surface area (Å²) in [6, 6.07) is 5.03. The standard InChI is InChI=1S/C12H13ClN2O3S/c1-8(16)11-4-3-9(5-12(11)13)15-7-10(6-14-15)19(2,17)18/h3-8,16H,1-2H3. The quantitative estimate of drug-likeness (QED) is 0.941. The number of aliphatic hydroxyl groups excluding tert-OH is 1. The van der Waals surface area contributed by atoms with E-state index in [2.05, 4.69) is 5.10 Å². The lowest BCUT2D eigenvalue weighted by atomic mass is 10.1. The Morgan fingerprint density at radius 1 is 1.42 bits per heavy atom. The maximum atomic E-state index is 11.4. The zero-order chi connectivity index (χ0) is 14.2. The van der Waals surface area contributed by atoms with Crippen LogP contribution >= 0.6 is 11.6 Å². The Labute approximate surface area is 116 Å². The summed E-state index contributed by atoms with van der Waals surface area (Å²) in [5, 5.41) is 13.9. The van der Waals surface area contributed by atoms with Gasteiger partial charge in [-0.2, -0.15) is 5.10 Å². The third-order valence-corrected chi connectivity index (χ3v) is 4.08. The number of aromatic nitrogens is 2. The van der Waals surface area contributed by atoms with Crippen LogP contribution in [0, 0.1) is 0 Å². The second-order valence-corrected chi connectivity index (χ2v) is 6.70. The summed E-state index contributed by atoms with van der Waals surface area (Å²) in [6.07, 6.45) is 3.16. The van der Waals surface area contributed by atoms with Crippen LogP contribution in [0.15, 0.2) is 35.5 Å². The molecule has 1 N–H and O–H groups in total. The highest BCUT2D eigenvalue weighted by atomic mass is 35.5. The molecule has 1 heterocycles. The minimum atomic E-state index is -3.28. The number of hydrogen-bond donors (Lipinski definition) is 1. The highest BCUT2D eigenvalue weighted by molar-refractivity contribution is 7.90. The molecule has 1 aromatic heterocycles. The first-order valence-electron chi connectivity index (χ1n) is 5.51. The molecule has 0 saturated heterocycles. The van der Waals surface area contributed by atoms with Crippen LogP contribution in [-0.4, -0.2) is 29.6 Å². The van der Waals surface area contributed by atoms with Crippen LogP contribution in [0.2, 0.25) is 5.02 Å². The van der Waals surface area contributed by atoms with Crippen molar-refractivity contribution in [1.29, 1.82) is 0 Å². The van der Waals surface area contributed by atoms with Gasteiger partial charge in [0.15, 0.2) is 9.84 Å². The Bertz CT molecular complexity index is 708. The van der Waals surface area contributed by atoms with Gasteiger partial charge in [0, 0.05) is 17.5 Å². The number of aliphatic hydroxyl groups is 1. The lowest BCUT2D eigenvalue weighted by Crippen LogP contribution is -1.98. The highest BCUT2D eigenvalue weighted by Crippen LogP contribution is 2.25. The first-order chi connectivity index (χ1) is 8.79. The van der Waals surface area contributed by atoms with Crippen molar-refractivity contribution in [3.8, 4) is 5.69 Å². The second-order valence-electron chi connectivity index (χ2n) is 4.27. The highest BCUT2D eigenvalue weighted by Gasteiger charge is 2.12. The van der Waals surface area contributed by atoms with Gasteiger partial charge in [0.05, 0.1) is 18.0 Å². The smallest absolute Gasteiger partial charge is 0.178 e. The summed E-state index contributed by atoms with van der Waals surface area (Å²) < 4.78 is 24.2. The van der Waals surface area contributed by atoms with E-state index in [-0.39, 0.29) is 4.90 Å². The largest absolute Gasteiger partial charge is 0.389 e. The molecule has 0 radical (unpaired) electrons. The van der Waals surface area contributed by atoms with E-state index in [1.54, 1.807) is 25.1 Å². The molecule has 0 saturated carbocycles. The number of rotatable bonds is 3. The van der Waals surface area contributed by atoms with Crippen LogP contribution in [0.25, 0.3) is 5.69 Å². The van der Waals surface area contributed by atoms with Crippen molar-refractivity contribution in [2.24, 2.45) is 0 Å². The third kappa shape index (κ3) is 2.97. The van der Waals surface area contributed by atoms with Crippen LogP contribution in [0.5, 0.6) is 0 Å². The molecule has 1 unspecified atom stereocenters. The van der Waals surface area contributed by atoms with Crippen molar-refractivity contribution >= 4 is 21.4 Å². The average molecular weight is 301 g/mol. The number of hydrogen-bond acceptors (Lipinski definition) is 4. The van der Waals surface area contributed by atoms with E-state index in [9.17, 15) is 13.5 Å². The van der Waals surface area contributed by atoms with Gasteiger partial charge in [-0.3, -0.25) is 0 Å². The number of nitrogens with zero attached hydrogens (tertiary/aromatic N) is 2. The topological polar surface area (TPSA) is 72.2 Å². The molecule has 0 fully saturated rings. The van der Waals surface area contributed by atoms with E-state index in [1.807, 2.05) is 0 Å². The van der Waals surface area contributed by atoms with Gasteiger partial charge in [-0.15, -0.1) is 0 Å². The molecule has 0 aliphatic heterocycles. The lowest BCUT2D eigenvalue weighted by molar-refractivity contribution is 0.199. The van der Waals surface area contributed by atoms with Crippen molar-refractivity contribution < 1.29 is 13.5 Å². The van der Waals surface area contributed by atoms with Gasteiger partial charge < -0.3 is 5.11 Å². The summed E-state index contributed by atoms with van der Waals surface area (Å²) in [7, 11) is -3.28. The molecular weight excluding hydrogens is 288 g/mol. The van der Waals surface area contributed by atoms with Gasteiger partial charge in [0.25, 0.3) is 0 Å². The summed E-state index contributed by atoms with van der Waals surface area (Å²) in [5.74, 6) is 0. The zero-order valence-corrected chi connectivity index (χ0v) is 12.0. The van der Waals surface area contributed by atoms with E-state index in [0.29, 0.717) is 16.3 Å². The molecule has 1 atom stereocenters. The fourth-order valence-corrected chi connectivity index (χ4v) is 2.50. The predicted octanol–water partition coefficient (Wildman–Crippen LogP) is 1.98. The fourth-order valence-electron chi connectivity index (χ4n) is 1.64. The summed E-state index contributed by atoms with van der Waals surface area (Å²) >= 11 is 6.05. The van der Waals surface area contributed by atoms with Crippen molar-refractivity contribution in [1.82, 2.24) is 9.78 Å². The molecular formula is C12H13ClN2O3S. The normalized spacial score (nSPS) is 13.5. The minimum absolute atomic E-state index is 0.142. The Morgan fingerprint density at radius 2 is 2.11 bits per heavy atom. The van der Waals surface area contributed by atoms with E-state index in [1.165, 1.54) is 17.1 Å². The van der Waals surface area contributed by atoms with Gasteiger partial charge in [-0.1, -0.05) is 17.7 Å². The van der Waals surface area contributed by atoms with Crippen LogP contribution in [0.3, 0.4) is 0 Å². The summed E-state index contributed by atoms with van der Waals surface area (Å²) in [5.41, 5.74) is 1.24. The zero-order valence-electron chi connectivity index (χ0n) is 10.4. The monoisotopic (exact) mass is 300 g/mol. The van der Waals surface area contributed by atoms with Gasteiger partial charge in [-0.05, 0) is 24.6 Å². The van der Waals surface area contributed by atoms with E-state index < -0.39 is 15.9 Å². The second kappa shape index (κ2) is 4.96. The van der Waals surface area contributed by atoms with Crippen molar-refractivity contribution in [2.45, 2.75) is 17.9 Å². The Balaban J connectivity index is 2.43. The third-order valence-electron chi connectivity index (χ3n) is 2.69. The Morgan fingerprint density at radius 3 is 2.58 bits per heavy atom. The van der Waals surface area contributed by atoms with Crippen molar-refractivity contribution in [2.75, 3.05) is 6.26 Å². The molecule has 7 heteroatoms. The maximum absolute atomic E-state index is 11.4. The molecule has 0 amide bonds. The first kappa shape index (κ1) is 14.0. The van der Waals surface area contributed by atoms with E-state index in [0.717, 1.165) is 6.26 Å². The summed E-state index contributed by atoms with van der Waals surface area (Å²) in [4.78, 5) is 0.142. The molecule has 102 valence electrons. The van der Waals surface area contributed by atoms with Crippen LogP contribution < -0.4 is 0 Å². The van der Waals surface area contributed by atoms with E-state index in [4.69, 9.17) is 11.6 Å². The van der Waals surface area contributed by atoms with Gasteiger partial charge >= 0.3 is 0 Å². The average Bonchev–Trinajstić information content (AvgIpc) is 2.76. The molecule has 1 aromatic carbocycles. The molecule has 2 aromatic rings. The number of sulfone groups is 1. The molecule has 2 rings (SSSR count). The maximum Gasteiger partial charge on any atom is 0.178 e. The van der Waals surface area contributed by atoms with Crippen molar-refractivity contribution in [3.05, 3.63) is 41.2 Å². The van der Waals surface area contributed by atoms with E-state index >= 15 is 0 Å². The molecule has 0 bridgehead atoms. The van der Waals surface area contributed by atoms with Gasteiger partial charge in [0.1, 0.15) is 4.90 Å². The molecule has 0 aliphatic rings. The van der Waals surface area contributed by atoms with Gasteiger partial charge in [-0.25, -0.2) is 13.1 Å². The molecule has 0 aliphatic carbocycles. The molecule has 5 nitrogen and oxygen atoms in total. The minimum Gasteiger partial charge on any atom is -0.389 e. The lowest BCUT2D eigenvalue weighted by Gasteiger charge is -2.09. The fraction of sp³-hybridized carbons (Fsp3) is 0.250. The Kier molecular flexibility index (Phi) is 3.66. The number of benzene rings is 1. The molecule has 19 heavy (non-hydrogen) atoms. The Hall–Kier alpha value is -1.37. The predicted molar refractivity (Wildman–Crippen MR) is 72.3 cm³/mol. The van der Waals surface area contributed by atoms with Crippen LogP contribution in [-0.2, 0) is 9.84 Å². The van der Waals surface area contributed by atoms with Gasteiger partial charge in [0.2, 0.25) is 0 Å². The molecule has 0 spiro atoms.